The molecule has 1 fully saturated rings. The van der Waals surface area contributed by atoms with Gasteiger partial charge in [-0.25, -0.2) is 5.43 Å². The van der Waals surface area contributed by atoms with Crippen LogP contribution in [0.1, 0.15) is 5.76 Å². The molecule has 22 heavy (non-hydrogen) atoms. The molecule has 1 N–H and O–H groups in total. The number of methoxy groups -OCH3 is 1. The average Bonchev–Trinajstić information content (AvgIpc) is 3.09. The molecule has 116 valence electrons. The van der Waals surface area contributed by atoms with Crippen molar-refractivity contribution in [1.82, 2.24) is 15.0 Å². The predicted molar refractivity (Wildman–Crippen MR) is 79.3 cm³/mol. The Bertz CT molecular complexity index is 625. The van der Waals surface area contributed by atoms with Crippen LogP contribution in [0.4, 0.5) is 11.9 Å². The molecule has 2 aromatic heterocycles. The standard InChI is InChI=1S/C13H16N6O3/c1-20-13-16-11(18-14-9-10-3-2-6-22-10)15-12(17-13)19-4-7-21-8-5-19/h2-3,6,9H,4-5,7-8H2,1H3,(H,15,16,17,18)/b14-9-. The molecule has 0 amide bonds. The molecule has 1 saturated heterocycles. The van der Waals surface area contributed by atoms with Gasteiger partial charge in [-0.2, -0.15) is 20.1 Å². The summed E-state index contributed by atoms with van der Waals surface area (Å²) in [7, 11) is 1.51. The van der Waals surface area contributed by atoms with Crippen LogP contribution >= 0.6 is 0 Å². The van der Waals surface area contributed by atoms with Crippen LogP contribution in [0, 0.1) is 0 Å². The summed E-state index contributed by atoms with van der Waals surface area (Å²) in [4.78, 5) is 14.7. The fourth-order valence-corrected chi connectivity index (χ4v) is 1.91. The molecule has 9 heteroatoms. The third kappa shape index (κ3) is 3.50. The first-order valence-electron chi connectivity index (χ1n) is 6.80. The van der Waals surface area contributed by atoms with E-state index in [0.717, 1.165) is 13.1 Å². The summed E-state index contributed by atoms with van der Waals surface area (Å²) >= 11 is 0. The number of hydrogen-bond donors (Lipinski definition) is 1. The van der Waals surface area contributed by atoms with Crippen molar-refractivity contribution in [1.29, 1.82) is 0 Å². The molecule has 0 atom stereocenters. The van der Waals surface area contributed by atoms with Gasteiger partial charge in [0.2, 0.25) is 5.95 Å². The van der Waals surface area contributed by atoms with Crippen LogP contribution in [-0.4, -0.2) is 54.6 Å². The lowest BCUT2D eigenvalue weighted by Gasteiger charge is -2.26. The van der Waals surface area contributed by atoms with E-state index in [2.05, 4.69) is 25.5 Å². The molecule has 0 unspecified atom stereocenters. The maximum Gasteiger partial charge on any atom is 0.322 e. The second kappa shape index (κ2) is 6.85. The molecule has 3 rings (SSSR count). The minimum absolute atomic E-state index is 0.229. The second-order valence-electron chi connectivity index (χ2n) is 4.43. The number of nitrogens with one attached hydrogen (secondary N) is 1. The van der Waals surface area contributed by atoms with E-state index in [1.54, 1.807) is 18.4 Å². The number of ether oxygens (including phenoxy) is 2. The van der Waals surface area contributed by atoms with E-state index in [-0.39, 0.29) is 6.01 Å². The highest BCUT2D eigenvalue weighted by Gasteiger charge is 2.16. The zero-order chi connectivity index (χ0) is 15.2. The van der Waals surface area contributed by atoms with Gasteiger partial charge in [0, 0.05) is 13.1 Å². The minimum atomic E-state index is 0.229. The number of furan rings is 1. The van der Waals surface area contributed by atoms with Gasteiger partial charge in [0.05, 0.1) is 32.8 Å². The smallest absolute Gasteiger partial charge is 0.322 e. The van der Waals surface area contributed by atoms with Crippen LogP contribution in [0.2, 0.25) is 0 Å². The van der Waals surface area contributed by atoms with Gasteiger partial charge in [-0.1, -0.05) is 0 Å². The first-order valence-corrected chi connectivity index (χ1v) is 6.80. The van der Waals surface area contributed by atoms with Crippen LogP contribution in [-0.2, 0) is 4.74 Å². The molecule has 3 heterocycles. The van der Waals surface area contributed by atoms with Gasteiger partial charge >= 0.3 is 6.01 Å². The van der Waals surface area contributed by atoms with Crippen LogP contribution < -0.4 is 15.1 Å². The molecule has 0 aliphatic carbocycles. The number of nitrogens with zero attached hydrogens (tertiary/aromatic N) is 5. The lowest BCUT2D eigenvalue weighted by atomic mass is 10.4. The van der Waals surface area contributed by atoms with Gasteiger partial charge in [0.1, 0.15) is 5.76 Å². The lowest BCUT2D eigenvalue weighted by Crippen LogP contribution is -2.37. The van der Waals surface area contributed by atoms with Gasteiger partial charge < -0.3 is 18.8 Å². The maximum atomic E-state index is 5.32. The zero-order valence-corrected chi connectivity index (χ0v) is 12.1. The van der Waals surface area contributed by atoms with Crippen LogP contribution in [0.25, 0.3) is 0 Å². The molecule has 0 bridgehead atoms. The van der Waals surface area contributed by atoms with Gasteiger partial charge in [-0.05, 0) is 12.1 Å². The third-order valence-corrected chi connectivity index (χ3v) is 2.98. The molecule has 9 nitrogen and oxygen atoms in total. The summed E-state index contributed by atoms with van der Waals surface area (Å²) in [5.74, 6) is 1.46. The molecule has 0 saturated carbocycles. The quantitative estimate of drug-likeness (QED) is 0.638. The summed E-state index contributed by atoms with van der Waals surface area (Å²) in [5.41, 5.74) is 2.75. The fourth-order valence-electron chi connectivity index (χ4n) is 1.91. The molecule has 1 aliphatic rings. The molecule has 0 radical (unpaired) electrons. The van der Waals surface area contributed by atoms with Crippen molar-refractivity contribution in [2.75, 3.05) is 43.7 Å². The highest BCUT2D eigenvalue weighted by Crippen LogP contribution is 2.15. The summed E-state index contributed by atoms with van der Waals surface area (Å²) < 4.78 is 15.6. The molecule has 0 aromatic carbocycles. The number of rotatable bonds is 5. The Morgan fingerprint density at radius 1 is 1.32 bits per heavy atom. The number of morpholine rings is 1. The molecular formula is C13H16N6O3. The highest BCUT2D eigenvalue weighted by molar-refractivity contribution is 5.76. The van der Waals surface area contributed by atoms with Gasteiger partial charge in [-0.15, -0.1) is 0 Å². The van der Waals surface area contributed by atoms with Gasteiger partial charge in [0.25, 0.3) is 5.95 Å². The van der Waals surface area contributed by atoms with E-state index in [0.29, 0.717) is 30.9 Å². The minimum Gasteiger partial charge on any atom is -0.467 e. The highest BCUT2D eigenvalue weighted by atomic mass is 16.5. The summed E-state index contributed by atoms with van der Waals surface area (Å²) in [5, 5.41) is 4.03. The van der Waals surface area contributed by atoms with Gasteiger partial charge in [0.15, 0.2) is 0 Å². The maximum absolute atomic E-state index is 5.32. The molecule has 0 spiro atoms. The van der Waals surface area contributed by atoms with Crippen molar-refractivity contribution in [3.63, 3.8) is 0 Å². The average molecular weight is 304 g/mol. The SMILES string of the molecule is COc1nc(N/N=C\c2ccco2)nc(N2CCOCC2)n1. The predicted octanol–water partition coefficient (Wildman–Crippen LogP) is 0.756. The Morgan fingerprint density at radius 3 is 2.91 bits per heavy atom. The fraction of sp³-hybridized carbons (Fsp3) is 0.385. The lowest BCUT2D eigenvalue weighted by molar-refractivity contribution is 0.122. The van der Waals surface area contributed by atoms with E-state index >= 15 is 0 Å². The van der Waals surface area contributed by atoms with Crippen LogP contribution in [0.15, 0.2) is 27.9 Å². The Balaban J connectivity index is 1.74. The van der Waals surface area contributed by atoms with E-state index in [1.165, 1.54) is 13.3 Å². The van der Waals surface area contributed by atoms with Crippen molar-refractivity contribution in [3.8, 4) is 6.01 Å². The summed E-state index contributed by atoms with van der Waals surface area (Å²) in [6, 6.07) is 3.80. The Hall–Kier alpha value is -2.68. The molecular weight excluding hydrogens is 288 g/mol. The first-order chi connectivity index (χ1) is 10.8. The van der Waals surface area contributed by atoms with Crippen LogP contribution in [0.3, 0.4) is 0 Å². The van der Waals surface area contributed by atoms with Crippen molar-refractivity contribution in [3.05, 3.63) is 24.2 Å². The Morgan fingerprint density at radius 2 is 2.18 bits per heavy atom. The number of hydrazone groups is 1. The monoisotopic (exact) mass is 304 g/mol. The van der Waals surface area contributed by atoms with Crippen molar-refractivity contribution in [2.45, 2.75) is 0 Å². The van der Waals surface area contributed by atoms with Crippen molar-refractivity contribution >= 4 is 18.1 Å². The normalized spacial score (nSPS) is 15.2. The van der Waals surface area contributed by atoms with E-state index in [9.17, 15) is 0 Å². The Kier molecular flexibility index (Phi) is 4.44. The van der Waals surface area contributed by atoms with Crippen molar-refractivity contribution < 1.29 is 13.9 Å². The number of anilines is 2. The van der Waals surface area contributed by atoms with Gasteiger partial charge in [-0.3, -0.25) is 0 Å². The summed E-state index contributed by atoms with van der Waals surface area (Å²) in [6.07, 6.45) is 3.11. The zero-order valence-electron chi connectivity index (χ0n) is 12.1. The number of hydrogen-bond acceptors (Lipinski definition) is 9. The summed E-state index contributed by atoms with van der Waals surface area (Å²) in [6.45, 7) is 2.74. The largest absolute Gasteiger partial charge is 0.467 e. The topological polar surface area (TPSA) is 97.9 Å². The molecule has 2 aromatic rings. The second-order valence-corrected chi connectivity index (χ2v) is 4.43. The third-order valence-electron chi connectivity index (χ3n) is 2.98. The van der Waals surface area contributed by atoms with E-state index in [1.807, 2.05) is 4.90 Å². The first kappa shape index (κ1) is 14.3. The number of aromatic nitrogens is 3. The van der Waals surface area contributed by atoms with Crippen molar-refractivity contribution in [2.24, 2.45) is 5.10 Å². The Labute approximate surface area is 127 Å². The van der Waals surface area contributed by atoms with E-state index in [4.69, 9.17) is 13.9 Å². The molecule has 1 aliphatic heterocycles. The van der Waals surface area contributed by atoms with Crippen LogP contribution in [0.5, 0.6) is 6.01 Å². The van der Waals surface area contributed by atoms with E-state index < -0.39 is 0 Å².